The van der Waals surface area contributed by atoms with Crippen LogP contribution < -0.4 is 11.5 Å². The molecule has 0 aromatic heterocycles. The zero-order chi connectivity index (χ0) is 12.4. The molecule has 1 saturated carbocycles. The van der Waals surface area contributed by atoms with Crippen LogP contribution >= 0.6 is 0 Å². The smallest absolute Gasteiger partial charge is 0.255 e. The van der Waals surface area contributed by atoms with Crippen molar-refractivity contribution in [2.45, 2.75) is 31.7 Å². The molecule has 0 atom stereocenters. The fraction of sp³-hybridized carbons (Fsp3) is 0.462. The summed E-state index contributed by atoms with van der Waals surface area (Å²) in [6.45, 7) is 0. The van der Waals surface area contributed by atoms with E-state index in [4.69, 9.17) is 11.5 Å². The van der Waals surface area contributed by atoms with Gasteiger partial charge in [0.05, 0.1) is 5.56 Å². The lowest BCUT2D eigenvalue weighted by molar-refractivity contribution is 0.0736. The molecule has 0 heterocycles. The van der Waals surface area contributed by atoms with Crippen LogP contribution in [0.1, 0.15) is 36.0 Å². The first kappa shape index (κ1) is 11.8. The summed E-state index contributed by atoms with van der Waals surface area (Å²) in [5.74, 6) is -0.00519. The minimum Gasteiger partial charge on any atom is -0.399 e. The largest absolute Gasteiger partial charge is 0.399 e. The van der Waals surface area contributed by atoms with Crippen molar-refractivity contribution >= 4 is 17.3 Å². The predicted molar refractivity (Wildman–Crippen MR) is 69.6 cm³/mol. The summed E-state index contributed by atoms with van der Waals surface area (Å²) in [4.78, 5) is 14.1. The van der Waals surface area contributed by atoms with E-state index in [1.807, 2.05) is 11.9 Å². The summed E-state index contributed by atoms with van der Waals surface area (Å²) in [5.41, 5.74) is 13.0. The highest BCUT2D eigenvalue weighted by Crippen LogP contribution is 2.25. The second-order valence-corrected chi connectivity index (χ2v) is 4.70. The molecule has 4 heteroatoms. The van der Waals surface area contributed by atoms with Crippen molar-refractivity contribution in [3.8, 4) is 0 Å². The van der Waals surface area contributed by atoms with Crippen LogP contribution in [0.25, 0.3) is 0 Å². The van der Waals surface area contributed by atoms with E-state index < -0.39 is 0 Å². The van der Waals surface area contributed by atoms with Crippen LogP contribution in [0.3, 0.4) is 0 Å². The van der Waals surface area contributed by atoms with Crippen molar-refractivity contribution in [2.75, 3.05) is 18.5 Å². The maximum atomic E-state index is 12.3. The molecule has 0 unspecified atom stereocenters. The molecule has 0 spiro atoms. The average Bonchev–Trinajstić information content (AvgIpc) is 2.80. The molecule has 17 heavy (non-hydrogen) atoms. The predicted octanol–water partition coefficient (Wildman–Crippen LogP) is 1.87. The van der Waals surface area contributed by atoms with Gasteiger partial charge in [-0.25, -0.2) is 0 Å². The molecule has 1 aliphatic carbocycles. The molecule has 2 rings (SSSR count). The van der Waals surface area contributed by atoms with E-state index in [1.54, 1.807) is 18.2 Å². The monoisotopic (exact) mass is 233 g/mol. The maximum Gasteiger partial charge on any atom is 0.255 e. The van der Waals surface area contributed by atoms with E-state index >= 15 is 0 Å². The molecule has 92 valence electrons. The number of hydrogen-bond acceptors (Lipinski definition) is 3. The van der Waals surface area contributed by atoms with Gasteiger partial charge in [-0.1, -0.05) is 12.8 Å². The van der Waals surface area contributed by atoms with Crippen LogP contribution in [0.15, 0.2) is 18.2 Å². The van der Waals surface area contributed by atoms with Crippen LogP contribution in [0.4, 0.5) is 11.4 Å². The highest BCUT2D eigenvalue weighted by Gasteiger charge is 2.25. The standard InChI is InChI=1S/C13H19N3O/c1-16(10-4-2-3-5-10)13(17)11-7-6-9(14)8-12(11)15/h6-8,10H,2-5,14-15H2,1H3. The first-order valence-corrected chi connectivity index (χ1v) is 6.02. The van der Waals surface area contributed by atoms with Crippen molar-refractivity contribution in [3.05, 3.63) is 23.8 Å². The van der Waals surface area contributed by atoms with Gasteiger partial charge in [-0.15, -0.1) is 0 Å². The lowest BCUT2D eigenvalue weighted by Crippen LogP contribution is -2.35. The van der Waals surface area contributed by atoms with Gasteiger partial charge >= 0.3 is 0 Å². The number of benzene rings is 1. The minimum absolute atomic E-state index is 0.00519. The number of carbonyl (C=O) groups is 1. The SMILES string of the molecule is CN(C(=O)c1ccc(N)cc1N)C1CCCC1. The third-order valence-electron chi connectivity index (χ3n) is 3.50. The van der Waals surface area contributed by atoms with Gasteiger partial charge in [0, 0.05) is 24.5 Å². The lowest BCUT2D eigenvalue weighted by atomic mass is 10.1. The Morgan fingerprint density at radius 3 is 2.53 bits per heavy atom. The summed E-state index contributed by atoms with van der Waals surface area (Å²) >= 11 is 0. The van der Waals surface area contributed by atoms with Crippen molar-refractivity contribution in [2.24, 2.45) is 0 Å². The van der Waals surface area contributed by atoms with E-state index in [9.17, 15) is 4.79 Å². The molecule has 0 bridgehead atoms. The first-order chi connectivity index (χ1) is 8.09. The van der Waals surface area contributed by atoms with Crippen LogP contribution in [-0.4, -0.2) is 23.9 Å². The van der Waals surface area contributed by atoms with Crippen molar-refractivity contribution < 1.29 is 4.79 Å². The fourth-order valence-corrected chi connectivity index (χ4v) is 2.42. The Morgan fingerprint density at radius 1 is 1.29 bits per heavy atom. The molecular weight excluding hydrogens is 214 g/mol. The highest BCUT2D eigenvalue weighted by molar-refractivity contribution is 5.99. The summed E-state index contributed by atoms with van der Waals surface area (Å²) in [7, 11) is 1.86. The summed E-state index contributed by atoms with van der Waals surface area (Å²) < 4.78 is 0. The second kappa shape index (κ2) is 4.65. The summed E-state index contributed by atoms with van der Waals surface area (Å²) in [5, 5.41) is 0. The quantitative estimate of drug-likeness (QED) is 0.766. The van der Waals surface area contributed by atoms with Gasteiger partial charge in [0.1, 0.15) is 0 Å². The highest BCUT2D eigenvalue weighted by atomic mass is 16.2. The maximum absolute atomic E-state index is 12.3. The van der Waals surface area contributed by atoms with Crippen LogP contribution in [0.5, 0.6) is 0 Å². The number of hydrogen-bond donors (Lipinski definition) is 2. The Balaban J connectivity index is 2.18. The van der Waals surface area contributed by atoms with Gasteiger partial charge in [-0.3, -0.25) is 4.79 Å². The summed E-state index contributed by atoms with van der Waals surface area (Å²) in [6, 6.07) is 5.42. The number of carbonyl (C=O) groups excluding carboxylic acids is 1. The molecule has 4 N–H and O–H groups in total. The molecule has 0 radical (unpaired) electrons. The van der Waals surface area contributed by atoms with Gasteiger partial charge in [0.2, 0.25) is 0 Å². The molecule has 4 nitrogen and oxygen atoms in total. The number of nitrogen functional groups attached to an aromatic ring is 2. The van der Waals surface area contributed by atoms with Crippen LogP contribution in [0, 0.1) is 0 Å². The Labute approximate surface area is 102 Å². The van der Waals surface area contributed by atoms with Gasteiger partial charge in [0.15, 0.2) is 0 Å². The van der Waals surface area contributed by atoms with Gasteiger partial charge < -0.3 is 16.4 Å². The fourth-order valence-electron chi connectivity index (χ4n) is 2.42. The zero-order valence-electron chi connectivity index (χ0n) is 10.1. The normalized spacial score (nSPS) is 16.1. The number of nitrogens with two attached hydrogens (primary N) is 2. The number of amides is 1. The Hall–Kier alpha value is -1.71. The van der Waals surface area contributed by atoms with Crippen molar-refractivity contribution in [1.82, 2.24) is 4.90 Å². The molecule has 1 aromatic rings. The van der Waals surface area contributed by atoms with Crippen molar-refractivity contribution in [3.63, 3.8) is 0 Å². The molecular formula is C13H19N3O. The van der Waals surface area contributed by atoms with Crippen LogP contribution in [0.2, 0.25) is 0 Å². The van der Waals surface area contributed by atoms with Gasteiger partial charge in [-0.05, 0) is 31.0 Å². The second-order valence-electron chi connectivity index (χ2n) is 4.70. The van der Waals surface area contributed by atoms with Crippen LogP contribution in [-0.2, 0) is 0 Å². The van der Waals surface area contributed by atoms with E-state index in [-0.39, 0.29) is 5.91 Å². The zero-order valence-corrected chi connectivity index (χ0v) is 10.1. The Kier molecular flexibility index (Phi) is 3.22. The number of nitrogens with zero attached hydrogens (tertiary/aromatic N) is 1. The summed E-state index contributed by atoms with van der Waals surface area (Å²) in [6.07, 6.45) is 4.60. The molecule has 1 amide bonds. The van der Waals surface area contributed by atoms with Gasteiger partial charge in [0.25, 0.3) is 5.91 Å². The van der Waals surface area contributed by atoms with Gasteiger partial charge in [-0.2, -0.15) is 0 Å². The van der Waals surface area contributed by atoms with E-state index in [0.717, 1.165) is 12.8 Å². The molecule has 1 aliphatic rings. The van der Waals surface area contributed by atoms with E-state index in [0.29, 0.717) is 23.0 Å². The Morgan fingerprint density at radius 2 is 1.94 bits per heavy atom. The first-order valence-electron chi connectivity index (χ1n) is 6.02. The number of rotatable bonds is 2. The van der Waals surface area contributed by atoms with Crippen molar-refractivity contribution in [1.29, 1.82) is 0 Å². The Bertz CT molecular complexity index is 425. The third kappa shape index (κ3) is 2.35. The average molecular weight is 233 g/mol. The lowest BCUT2D eigenvalue weighted by Gasteiger charge is -2.25. The molecule has 0 aliphatic heterocycles. The minimum atomic E-state index is -0.00519. The molecule has 1 aromatic carbocycles. The number of anilines is 2. The van der Waals surface area contributed by atoms with E-state index in [2.05, 4.69) is 0 Å². The molecule has 1 fully saturated rings. The van der Waals surface area contributed by atoms with E-state index in [1.165, 1.54) is 12.8 Å². The topological polar surface area (TPSA) is 72.3 Å². The third-order valence-corrected chi connectivity index (χ3v) is 3.50. The molecule has 0 saturated heterocycles.